The second-order valence-electron chi connectivity index (χ2n) is 4.24. The van der Waals surface area contributed by atoms with Gasteiger partial charge in [-0.3, -0.25) is 4.68 Å². The van der Waals surface area contributed by atoms with Gasteiger partial charge in [0, 0.05) is 17.1 Å². The Morgan fingerprint density at radius 2 is 2.06 bits per heavy atom. The molecule has 18 heavy (non-hydrogen) atoms. The van der Waals surface area contributed by atoms with Crippen molar-refractivity contribution in [3.05, 3.63) is 46.2 Å². The van der Waals surface area contributed by atoms with Crippen LogP contribution in [0.3, 0.4) is 0 Å². The van der Waals surface area contributed by atoms with Crippen molar-refractivity contribution in [3.8, 4) is 5.75 Å². The molecule has 0 fully saturated rings. The number of aromatic nitrogens is 2. The van der Waals surface area contributed by atoms with Gasteiger partial charge in [-0.2, -0.15) is 5.10 Å². The zero-order valence-corrected chi connectivity index (χ0v) is 12.1. The lowest BCUT2D eigenvalue weighted by atomic mass is 9.92. The first-order chi connectivity index (χ1) is 8.48. The topological polar surface area (TPSA) is 47.3 Å². The van der Waals surface area contributed by atoms with Gasteiger partial charge < -0.3 is 9.84 Å². The monoisotopic (exact) mass is 310 g/mol. The van der Waals surface area contributed by atoms with Gasteiger partial charge in [-0.1, -0.05) is 34.1 Å². The molecular formula is C13H15BrN2O2. The quantitative estimate of drug-likeness (QED) is 0.947. The fraction of sp³-hybridized carbons (Fsp3) is 0.308. The summed E-state index contributed by atoms with van der Waals surface area (Å²) in [5.41, 5.74) is 0.209. The largest absolute Gasteiger partial charge is 0.493 e. The van der Waals surface area contributed by atoms with Crippen LogP contribution in [0.2, 0.25) is 0 Å². The maximum atomic E-state index is 10.8. The van der Waals surface area contributed by atoms with E-state index in [-0.39, 0.29) is 0 Å². The Hall–Kier alpha value is -1.33. The van der Waals surface area contributed by atoms with Crippen molar-refractivity contribution >= 4 is 15.9 Å². The zero-order valence-electron chi connectivity index (χ0n) is 10.5. The Kier molecular flexibility index (Phi) is 3.45. The van der Waals surface area contributed by atoms with Gasteiger partial charge in [0.25, 0.3) is 0 Å². The SMILES string of the molecule is COc1cnn(C)c1C(C)(O)c1ccccc1Br. The first kappa shape index (κ1) is 13.1. The van der Waals surface area contributed by atoms with Crippen molar-refractivity contribution in [1.82, 2.24) is 9.78 Å². The highest BCUT2D eigenvalue weighted by molar-refractivity contribution is 9.10. The lowest BCUT2D eigenvalue weighted by Gasteiger charge is -2.26. The van der Waals surface area contributed by atoms with E-state index in [0.717, 1.165) is 10.0 Å². The number of hydrogen-bond acceptors (Lipinski definition) is 3. The molecule has 0 radical (unpaired) electrons. The Labute approximate surface area is 114 Å². The minimum absolute atomic E-state index is 0.568. The van der Waals surface area contributed by atoms with Crippen LogP contribution in [-0.2, 0) is 12.6 Å². The molecule has 1 aromatic heterocycles. The molecule has 0 saturated heterocycles. The summed E-state index contributed by atoms with van der Waals surface area (Å²) in [6, 6.07) is 7.56. The molecule has 0 amide bonds. The number of nitrogens with zero attached hydrogens (tertiary/aromatic N) is 2. The van der Waals surface area contributed by atoms with Crippen LogP contribution in [0.4, 0.5) is 0 Å². The van der Waals surface area contributed by atoms with Gasteiger partial charge in [-0.05, 0) is 13.0 Å². The van der Waals surface area contributed by atoms with Crippen molar-refractivity contribution in [2.45, 2.75) is 12.5 Å². The van der Waals surface area contributed by atoms with Crippen molar-refractivity contribution < 1.29 is 9.84 Å². The number of rotatable bonds is 3. The molecule has 0 aliphatic heterocycles. The van der Waals surface area contributed by atoms with Crippen LogP contribution in [0.5, 0.6) is 5.75 Å². The molecule has 1 aromatic carbocycles. The second-order valence-corrected chi connectivity index (χ2v) is 5.09. The van der Waals surface area contributed by atoms with Crippen LogP contribution in [-0.4, -0.2) is 22.0 Å². The Balaban J connectivity index is 2.61. The molecule has 1 atom stereocenters. The van der Waals surface area contributed by atoms with Gasteiger partial charge in [0.1, 0.15) is 11.3 Å². The number of aryl methyl sites for hydroxylation is 1. The maximum absolute atomic E-state index is 10.8. The normalized spacial score (nSPS) is 14.3. The highest BCUT2D eigenvalue weighted by Crippen LogP contribution is 2.37. The van der Waals surface area contributed by atoms with Crippen LogP contribution in [0, 0.1) is 0 Å². The number of aliphatic hydroxyl groups is 1. The highest BCUT2D eigenvalue weighted by Gasteiger charge is 2.34. The summed E-state index contributed by atoms with van der Waals surface area (Å²) >= 11 is 3.46. The van der Waals surface area contributed by atoms with Crippen LogP contribution in [0.15, 0.2) is 34.9 Å². The van der Waals surface area contributed by atoms with E-state index in [4.69, 9.17) is 4.74 Å². The lowest BCUT2D eigenvalue weighted by molar-refractivity contribution is 0.0889. The molecule has 1 unspecified atom stereocenters. The molecule has 96 valence electrons. The summed E-state index contributed by atoms with van der Waals surface area (Å²) in [7, 11) is 3.35. The van der Waals surface area contributed by atoms with Crippen LogP contribution in [0.1, 0.15) is 18.2 Å². The minimum Gasteiger partial charge on any atom is -0.493 e. The van der Waals surface area contributed by atoms with Gasteiger partial charge >= 0.3 is 0 Å². The van der Waals surface area contributed by atoms with Gasteiger partial charge in [-0.15, -0.1) is 0 Å². The third-order valence-corrected chi connectivity index (χ3v) is 3.68. The molecule has 5 heteroatoms. The van der Waals surface area contributed by atoms with Crippen molar-refractivity contribution in [3.63, 3.8) is 0 Å². The van der Waals surface area contributed by atoms with Crippen molar-refractivity contribution in [2.75, 3.05) is 7.11 Å². The van der Waals surface area contributed by atoms with E-state index in [0.29, 0.717) is 11.4 Å². The van der Waals surface area contributed by atoms with Gasteiger partial charge in [0.15, 0.2) is 5.75 Å². The average molecular weight is 311 g/mol. The molecule has 0 spiro atoms. The number of benzene rings is 1. The van der Waals surface area contributed by atoms with Crippen molar-refractivity contribution in [2.24, 2.45) is 7.05 Å². The molecule has 1 heterocycles. The predicted molar refractivity (Wildman–Crippen MR) is 72.6 cm³/mol. The lowest BCUT2D eigenvalue weighted by Crippen LogP contribution is -2.27. The molecular weight excluding hydrogens is 296 g/mol. The smallest absolute Gasteiger partial charge is 0.163 e. The third kappa shape index (κ3) is 2.04. The average Bonchev–Trinajstić information content (AvgIpc) is 2.71. The summed E-state index contributed by atoms with van der Waals surface area (Å²) in [6.45, 7) is 1.73. The van der Waals surface area contributed by atoms with Gasteiger partial charge in [-0.25, -0.2) is 0 Å². The van der Waals surface area contributed by atoms with Crippen LogP contribution in [0.25, 0.3) is 0 Å². The molecule has 4 nitrogen and oxygen atoms in total. The maximum Gasteiger partial charge on any atom is 0.163 e. The Bertz CT molecular complexity index is 564. The summed E-state index contributed by atoms with van der Waals surface area (Å²) < 4.78 is 7.72. The predicted octanol–water partition coefficient (Wildman–Crippen LogP) is 2.45. The summed E-state index contributed by atoms with van der Waals surface area (Å²) in [4.78, 5) is 0. The van der Waals surface area contributed by atoms with E-state index in [1.165, 1.54) is 0 Å². The Morgan fingerprint density at radius 1 is 1.39 bits per heavy atom. The number of hydrogen-bond donors (Lipinski definition) is 1. The first-order valence-corrected chi connectivity index (χ1v) is 6.31. The van der Waals surface area contributed by atoms with E-state index in [1.54, 1.807) is 32.0 Å². The van der Waals surface area contributed by atoms with Crippen LogP contribution < -0.4 is 4.74 Å². The van der Waals surface area contributed by atoms with E-state index >= 15 is 0 Å². The minimum atomic E-state index is -1.18. The number of ether oxygens (including phenoxy) is 1. The van der Waals surface area contributed by atoms with E-state index < -0.39 is 5.60 Å². The third-order valence-electron chi connectivity index (χ3n) is 2.98. The number of methoxy groups -OCH3 is 1. The highest BCUT2D eigenvalue weighted by atomic mass is 79.9. The summed E-state index contributed by atoms with van der Waals surface area (Å²) in [6.07, 6.45) is 1.60. The van der Waals surface area contributed by atoms with E-state index in [2.05, 4.69) is 21.0 Å². The van der Waals surface area contributed by atoms with Crippen LogP contribution >= 0.6 is 15.9 Å². The van der Waals surface area contributed by atoms with Crippen molar-refractivity contribution in [1.29, 1.82) is 0 Å². The molecule has 0 saturated carbocycles. The number of halogens is 1. The van der Waals surface area contributed by atoms with E-state index in [9.17, 15) is 5.11 Å². The van der Waals surface area contributed by atoms with Gasteiger partial charge in [0.2, 0.25) is 0 Å². The molecule has 2 aromatic rings. The molecule has 0 aliphatic rings. The molecule has 0 bridgehead atoms. The summed E-state index contributed by atoms with van der Waals surface area (Å²) in [5.74, 6) is 0.568. The summed E-state index contributed by atoms with van der Waals surface area (Å²) in [5, 5.41) is 15.0. The molecule has 1 N–H and O–H groups in total. The fourth-order valence-corrected chi connectivity index (χ4v) is 2.78. The van der Waals surface area contributed by atoms with E-state index in [1.807, 2.05) is 24.3 Å². The van der Waals surface area contributed by atoms with Gasteiger partial charge in [0.05, 0.1) is 13.3 Å². The molecule has 0 aliphatic carbocycles. The first-order valence-electron chi connectivity index (χ1n) is 5.52. The Morgan fingerprint density at radius 3 is 2.67 bits per heavy atom. The zero-order chi connectivity index (χ0) is 13.3. The molecule has 2 rings (SSSR count). The second kappa shape index (κ2) is 4.74. The standard InChI is InChI=1S/C13H15BrN2O2/c1-13(17,9-6-4-5-7-10(9)14)12-11(18-3)8-15-16(12)2/h4-8,17H,1-3H3. The fourth-order valence-electron chi connectivity index (χ4n) is 2.11.